The van der Waals surface area contributed by atoms with Crippen LogP contribution in [-0.4, -0.2) is 20.7 Å². The molecule has 0 fully saturated rings. The van der Waals surface area contributed by atoms with Crippen molar-refractivity contribution in [1.82, 2.24) is 14.8 Å². The van der Waals surface area contributed by atoms with Crippen molar-refractivity contribution in [3.63, 3.8) is 0 Å². The Morgan fingerprint density at radius 1 is 1.19 bits per heavy atom. The number of aromatic nitrogens is 3. The third-order valence-electron chi connectivity index (χ3n) is 2.98. The molecule has 1 N–H and O–H groups in total. The minimum atomic E-state index is -0.0835. The molecule has 1 aromatic carbocycles. The summed E-state index contributed by atoms with van der Waals surface area (Å²) >= 11 is 1.37. The molecule has 5 nitrogen and oxygen atoms in total. The quantitative estimate of drug-likeness (QED) is 0.805. The highest BCUT2D eigenvalue weighted by atomic mass is 32.1. The van der Waals surface area contributed by atoms with Crippen LogP contribution in [0, 0.1) is 6.92 Å². The van der Waals surface area contributed by atoms with E-state index in [4.69, 9.17) is 0 Å². The summed E-state index contributed by atoms with van der Waals surface area (Å²) in [5.74, 6) is -0.0835. The predicted molar refractivity (Wildman–Crippen MR) is 82.7 cm³/mol. The standard InChI is InChI=1S/C15H14N4OS/c1-11-17-18-15(21-11)16-14(20)10-12-4-6-13(7-5-12)19-8-2-3-9-19/h2-9H,10H2,1H3,(H,16,18,20). The zero-order chi connectivity index (χ0) is 14.7. The van der Waals surface area contributed by atoms with Crippen LogP contribution in [0.1, 0.15) is 10.6 Å². The zero-order valence-electron chi connectivity index (χ0n) is 11.5. The normalized spacial score (nSPS) is 10.5. The van der Waals surface area contributed by atoms with E-state index in [0.717, 1.165) is 16.3 Å². The fourth-order valence-corrected chi connectivity index (χ4v) is 2.60. The first-order chi connectivity index (χ1) is 10.2. The molecule has 0 atom stereocenters. The van der Waals surface area contributed by atoms with Gasteiger partial charge >= 0.3 is 0 Å². The summed E-state index contributed by atoms with van der Waals surface area (Å²) in [6, 6.07) is 11.9. The van der Waals surface area contributed by atoms with Gasteiger partial charge in [0.05, 0.1) is 6.42 Å². The van der Waals surface area contributed by atoms with Gasteiger partial charge in [-0.2, -0.15) is 0 Å². The number of rotatable bonds is 4. The van der Waals surface area contributed by atoms with Gasteiger partial charge in [-0.1, -0.05) is 23.5 Å². The van der Waals surface area contributed by atoms with Crippen LogP contribution in [0.5, 0.6) is 0 Å². The second-order valence-electron chi connectivity index (χ2n) is 4.61. The second kappa shape index (κ2) is 5.88. The molecule has 3 rings (SSSR count). The fraction of sp³-hybridized carbons (Fsp3) is 0.133. The lowest BCUT2D eigenvalue weighted by molar-refractivity contribution is -0.115. The molecule has 0 radical (unpaired) electrons. The van der Waals surface area contributed by atoms with Gasteiger partial charge < -0.3 is 9.88 Å². The van der Waals surface area contributed by atoms with E-state index in [1.165, 1.54) is 11.3 Å². The van der Waals surface area contributed by atoms with Gasteiger partial charge in [0.1, 0.15) is 5.01 Å². The Bertz CT molecular complexity index is 731. The van der Waals surface area contributed by atoms with Crippen molar-refractivity contribution in [3.8, 4) is 5.69 Å². The lowest BCUT2D eigenvalue weighted by atomic mass is 10.1. The van der Waals surface area contributed by atoms with Crippen molar-refractivity contribution in [3.05, 3.63) is 59.4 Å². The van der Waals surface area contributed by atoms with Crippen LogP contribution in [-0.2, 0) is 11.2 Å². The first kappa shape index (κ1) is 13.5. The van der Waals surface area contributed by atoms with E-state index in [2.05, 4.69) is 15.5 Å². The number of aryl methyl sites for hydroxylation is 1. The maximum atomic E-state index is 11.9. The summed E-state index contributed by atoms with van der Waals surface area (Å²) in [7, 11) is 0. The minimum Gasteiger partial charge on any atom is -0.324 e. The largest absolute Gasteiger partial charge is 0.324 e. The molecule has 0 aliphatic rings. The Hall–Kier alpha value is -2.47. The maximum Gasteiger partial charge on any atom is 0.230 e. The molecule has 6 heteroatoms. The number of nitrogens with one attached hydrogen (secondary N) is 1. The van der Waals surface area contributed by atoms with Gasteiger partial charge in [0.25, 0.3) is 0 Å². The highest BCUT2D eigenvalue weighted by Gasteiger charge is 2.07. The molecule has 106 valence electrons. The number of carbonyl (C=O) groups excluding carboxylic acids is 1. The SMILES string of the molecule is Cc1nnc(NC(=O)Cc2ccc(-n3cccc3)cc2)s1. The summed E-state index contributed by atoms with van der Waals surface area (Å²) in [5.41, 5.74) is 2.04. The van der Waals surface area contributed by atoms with Crippen LogP contribution in [0.2, 0.25) is 0 Å². The third-order valence-corrected chi connectivity index (χ3v) is 3.73. The summed E-state index contributed by atoms with van der Waals surface area (Å²) in [5, 5.41) is 11.9. The van der Waals surface area contributed by atoms with E-state index in [9.17, 15) is 4.79 Å². The number of hydrogen-bond acceptors (Lipinski definition) is 4. The van der Waals surface area contributed by atoms with Crippen LogP contribution in [0.25, 0.3) is 5.69 Å². The van der Waals surface area contributed by atoms with Gasteiger partial charge in [-0.05, 0) is 36.8 Å². The highest BCUT2D eigenvalue weighted by Crippen LogP contribution is 2.15. The van der Waals surface area contributed by atoms with Crippen molar-refractivity contribution < 1.29 is 4.79 Å². The maximum absolute atomic E-state index is 11.9. The molecule has 0 spiro atoms. The monoisotopic (exact) mass is 298 g/mol. The molecule has 0 unspecified atom stereocenters. The highest BCUT2D eigenvalue weighted by molar-refractivity contribution is 7.15. The van der Waals surface area contributed by atoms with E-state index in [1.807, 2.05) is 60.3 Å². The van der Waals surface area contributed by atoms with E-state index < -0.39 is 0 Å². The molecule has 0 aliphatic carbocycles. The van der Waals surface area contributed by atoms with Crippen molar-refractivity contribution in [2.45, 2.75) is 13.3 Å². The van der Waals surface area contributed by atoms with Crippen LogP contribution in [0.4, 0.5) is 5.13 Å². The van der Waals surface area contributed by atoms with E-state index in [1.54, 1.807) is 0 Å². The van der Waals surface area contributed by atoms with Gasteiger partial charge in [-0.15, -0.1) is 10.2 Å². The molecular weight excluding hydrogens is 284 g/mol. The summed E-state index contributed by atoms with van der Waals surface area (Å²) in [6.45, 7) is 1.85. The Kier molecular flexibility index (Phi) is 3.79. The van der Waals surface area contributed by atoms with Crippen molar-refractivity contribution in [2.75, 3.05) is 5.32 Å². The van der Waals surface area contributed by atoms with Crippen molar-refractivity contribution >= 4 is 22.4 Å². The molecule has 3 aromatic rings. The lowest BCUT2D eigenvalue weighted by Crippen LogP contribution is -2.14. The van der Waals surface area contributed by atoms with Crippen molar-refractivity contribution in [2.24, 2.45) is 0 Å². The molecule has 0 saturated carbocycles. The van der Waals surface area contributed by atoms with Gasteiger partial charge in [0.15, 0.2) is 0 Å². The number of hydrogen-bond donors (Lipinski definition) is 1. The lowest BCUT2D eigenvalue weighted by Gasteiger charge is -2.05. The molecular formula is C15H14N4OS. The van der Waals surface area contributed by atoms with Gasteiger partial charge in [-0.3, -0.25) is 4.79 Å². The van der Waals surface area contributed by atoms with E-state index in [0.29, 0.717) is 11.6 Å². The Morgan fingerprint density at radius 2 is 1.90 bits per heavy atom. The molecule has 0 aliphatic heterocycles. The van der Waals surface area contributed by atoms with Gasteiger partial charge in [-0.25, -0.2) is 0 Å². The molecule has 2 aromatic heterocycles. The Balaban J connectivity index is 1.63. The number of amides is 1. The average molecular weight is 298 g/mol. The smallest absolute Gasteiger partial charge is 0.230 e. The van der Waals surface area contributed by atoms with Crippen LogP contribution in [0.15, 0.2) is 48.8 Å². The average Bonchev–Trinajstić information content (AvgIpc) is 3.11. The van der Waals surface area contributed by atoms with Crippen LogP contribution in [0.3, 0.4) is 0 Å². The van der Waals surface area contributed by atoms with Crippen molar-refractivity contribution in [1.29, 1.82) is 0 Å². The molecule has 21 heavy (non-hydrogen) atoms. The fourth-order valence-electron chi connectivity index (χ4n) is 1.99. The third kappa shape index (κ3) is 3.35. The number of benzene rings is 1. The first-order valence-electron chi connectivity index (χ1n) is 6.53. The van der Waals surface area contributed by atoms with Crippen LogP contribution < -0.4 is 5.32 Å². The Labute approximate surface area is 126 Å². The first-order valence-corrected chi connectivity index (χ1v) is 7.34. The predicted octanol–water partition coefficient (Wildman–Crippen LogP) is 2.82. The molecule has 1 amide bonds. The number of nitrogens with zero attached hydrogens (tertiary/aromatic N) is 3. The molecule has 2 heterocycles. The molecule has 0 bridgehead atoms. The topological polar surface area (TPSA) is 59.8 Å². The van der Waals surface area contributed by atoms with E-state index in [-0.39, 0.29) is 5.91 Å². The molecule has 0 saturated heterocycles. The number of anilines is 1. The minimum absolute atomic E-state index is 0.0835. The summed E-state index contributed by atoms with van der Waals surface area (Å²) < 4.78 is 2.02. The summed E-state index contributed by atoms with van der Waals surface area (Å²) in [4.78, 5) is 11.9. The summed E-state index contributed by atoms with van der Waals surface area (Å²) in [6.07, 6.45) is 4.30. The van der Waals surface area contributed by atoms with Gasteiger partial charge in [0.2, 0.25) is 11.0 Å². The van der Waals surface area contributed by atoms with Gasteiger partial charge in [0, 0.05) is 18.1 Å². The van der Waals surface area contributed by atoms with E-state index >= 15 is 0 Å². The zero-order valence-corrected chi connectivity index (χ0v) is 12.3. The van der Waals surface area contributed by atoms with Crippen LogP contribution >= 0.6 is 11.3 Å². The Morgan fingerprint density at radius 3 is 2.52 bits per heavy atom. The second-order valence-corrected chi connectivity index (χ2v) is 5.79. The number of carbonyl (C=O) groups is 1.